The molecular formula is C12H11ClN2O2. The molecule has 4 nitrogen and oxygen atoms in total. The number of hydrogen-bond acceptors (Lipinski definition) is 4. The molecule has 88 valence electrons. The second-order valence-corrected chi connectivity index (χ2v) is 3.89. The lowest BCUT2D eigenvalue weighted by Crippen LogP contribution is -2.07. The SMILES string of the molecule is CNc1c(C(=O)OC)cnc2ccc(Cl)cc12. The van der Waals surface area contributed by atoms with Crippen LogP contribution < -0.4 is 5.32 Å². The van der Waals surface area contributed by atoms with Gasteiger partial charge in [0, 0.05) is 23.7 Å². The Morgan fingerprint density at radius 1 is 1.47 bits per heavy atom. The van der Waals surface area contributed by atoms with Crippen LogP contribution in [-0.2, 0) is 4.74 Å². The van der Waals surface area contributed by atoms with Crippen LogP contribution in [0, 0.1) is 0 Å². The van der Waals surface area contributed by atoms with Gasteiger partial charge >= 0.3 is 5.97 Å². The summed E-state index contributed by atoms with van der Waals surface area (Å²) in [6.45, 7) is 0. The summed E-state index contributed by atoms with van der Waals surface area (Å²) in [5.74, 6) is -0.427. The Morgan fingerprint density at radius 3 is 2.88 bits per heavy atom. The number of nitrogens with one attached hydrogen (secondary N) is 1. The van der Waals surface area contributed by atoms with Gasteiger partial charge in [-0.3, -0.25) is 4.98 Å². The molecule has 0 spiro atoms. The van der Waals surface area contributed by atoms with Crippen LogP contribution in [0.3, 0.4) is 0 Å². The maximum Gasteiger partial charge on any atom is 0.341 e. The molecular weight excluding hydrogens is 240 g/mol. The number of ether oxygens (including phenoxy) is 1. The number of halogens is 1. The molecule has 0 aliphatic carbocycles. The number of esters is 1. The number of carbonyl (C=O) groups excluding carboxylic acids is 1. The summed E-state index contributed by atoms with van der Waals surface area (Å²) in [6.07, 6.45) is 1.49. The van der Waals surface area contributed by atoms with Gasteiger partial charge < -0.3 is 10.1 Å². The fraction of sp³-hybridized carbons (Fsp3) is 0.167. The summed E-state index contributed by atoms with van der Waals surface area (Å²) in [5, 5.41) is 4.37. The van der Waals surface area contributed by atoms with Crippen molar-refractivity contribution in [3.05, 3.63) is 35.0 Å². The van der Waals surface area contributed by atoms with E-state index < -0.39 is 5.97 Å². The van der Waals surface area contributed by atoms with Crippen LogP contribution in [0.4, 0.5) is 5.69 Å². The molecule has 1 aromatic carbocycles. The second kappa shape index (κ2) is 4.59. The van der Waals surface area contributed by atoms with Gasteiger partial charge in [0.25, 0.3) is 0 Å². The van der Waals surface area contributed by atoms with Crippen molar-refractivity contribution in [3.8, 4) is 0 Å². The predicted octanol–water partition coefficient (Wildman–Crippen LogP) is 2.72. The average molecular weight is 251 g/mol. The summed E-state index contributed by atoms with van der Waals surface area (Å²) in [6, 6.07) is 5.33. The van der Waals surface area contributed by atoms with Crippen LogP contribution in [0.15, 0.2) is 24.4 Å². The zero-order valence-electron chi connectivity index (χ0n) is 9.45. The van der Waals surface area contributed by atoms with Crippen LogP contribution in [0.1, 0.15) is 10.4 Å². The summed E-state index contributed by atoms with van der Waals surface area (Å²) in [7, 11) is 3.08. The average Bonchev–Trinajstić information content (AvgIpc) is 2.36. The highest BCUT2D eigenvalue weighted by molar-refractivity contribution is 6.31. The number of benzene rings is 1. The van der Waals surface area contributed by atoms with Crippen LogP contribution in [0.2, 0.25) is 5.02 Å². The van der Waals surface area contributed by atoms with Gasteiger partial charge in [0.15, 0.2) is 0 Å². The lowest BCUT2D eigenvalue weighted by atomic mass is 10.1. The van der Waals surface area contributed by atoms with E-state index in [-0.39, 0.29) is 0 Å². The van der Waals surface area contributed by atoms with Gasteiger partial charge in [-0.2, -0.15) is 0 Å². The van der Waals surface area contributed by atoms with E-state index in [9.17, 15) is 4.79 Å². The maximum atomic E-state index is 11.6. The first-order chi connectivity index (χ1) is 8.17. The standard InChI is InChI=1S/C12H11ClN2O2/c1-14-11-8-5-7(13)3-4-10(8)15-6-9(11)12(16)17-2/h3-6H,1-2H3,(H,14,15). The van der Waals surface area contributed by atoms with E-state index in [4.69, 9.17) is 16.3 Å². The van der Waals surface area contributed by atoms with Gasteiger partial charge in [-0.15, -0.1) is 0 Å². The monoisotopic (exact) mass is 250 g/mol. The molecule has 1 heterocycles. The van der Waals surface area contributed by atoms with Gasteiger partial charge in [-0.1, -0.05) is 11.6 Å². The van der Waals surface area contributed by atoms with Crippen LogP contribution in [0.5, 0.6) is 0 Å². The molecule has 0 unspecified atom stereocenters. The molecule has 2 rings (SSSR count). The third kappa shape index (κ3) is 2.03. The van der Waals surface area contributed by atoms with Gasteiger partial charge in [0.1, 0.15) is 5.56 Å². The Labute approximate surface area is 104 Å². The number of aromatic nitrogens is 1. The minimum absolute atomic E-state index is 0.393. The van der Waals surface area contributed by atoms with E-state index in [0.717, 1.165) is 10.9 Å². The van der Waals surface area contributed by atoms with E-state index in [0.29, 0.717) is 16.3 Å². The third-order valence-electron chi connectivity index (χ3n) is 2.49. The molecule has 17 heavy (non-hydrogen) atoms. The van der Waals surface area contributed by atoms with Crippen LogP contribution in [0.25, 0.3) is 10.9 Å². The number of anilines is 1. The minimum atomic E-state index is -0.427. The lowest BCUT2D eigenvalue weighted by molar-refractivity contribution is 0.0601. The van der Waals surface area contributed by atoms with Crippen molar-refractivity contribution in [2.75, 3.05) is 19.5 Å². The molecule has 5 heteroatoms. The first-order valence-electron chi connectivity index (χ1n) is 5.01. The van der Waals surface area contributed by atoms with E-state index in [1.807, 2.05) is 0 Å². The van der Waals surface area contributed by atoms with Crippen molar-refractivity contribution < 1.29 is 9.53 Å². The number of hydrogen-bond donors (Lipinski definition) is 1. The predicted molar refractivity (Wildman–Crippen MR) is 67.6 cm³/mol. The quantitative estimate of drug-likeness (QED) is 0.833. The Kier molecular flexibility index (Phi) is 3.15. The van der Waals surface area contributed by atoms with Gasteiger partial charge in [0.2, 0.25) is 0 Å². The van der Waals surface area contributed by atoms with E-state index in [2.05, 4.69) is 10.3 Å². The number of methoxy groups -OCH3 is 1. The summed E-state index contributed by atoms with van der Waals surface area (Å²) in [4.78, 5) is 15.8. The minimum Gasteiger partial charge on any atom is -0.465 e. The van der Waals surface area contributed by atoms with Crippen molar-refractivity contribution in [2.24, 2.45) is 0 Å². The first-order valence-corrected chi connectivity index (χ1v) is 5.39. The molecule has 2 aromatic rings. The molecule has 0 saturated carbocycles. The highest BCUT2D eigenvalue weighted by Gasteiger charge is 2.14. The number of fused-ring (bicyclic) bond motifs is 1. The van der Waals surface area contributed by atoms with E-state index >= 15 is 0 Å². The Balaban J connectivity index is 2.76. The topological polar surface area (TPSA) is 51.2 Å². The van der Waals surface area contributed by atoms with Crippen molar-refractivity contribution >= 4 is 34.2 Å². The number of carbonyl (C=O) groups is 1. The largest absolute Gasteiger partial charge is 0.465 e. The molecule has 0 radical (unpaired) electrons. The molecule has 0 saturated heterocycles. The molecule has 0 bridgehead atoms. The highest BCUT2D eigenvalue weighted by atomic mass is 35.5. The smallest absolute Gasteiger partial charge is 0.341 e. The van der Waals surface area contributed by atoms with Gasteiger partial charge in [0.05, 0.1) is 18.3 Å². The maximum absolute atomic E-state index is 11.6. The van der Waals surface area contributed by atoms with Gasteiger partial charge in [-0.05, 0) is 18.2 Å². The van der Waals surface area contributed by atoms with Crippen molar-refractivity contribution in [2.45, 2.75) is 0 Å². The zero-order chi connectivity index (χ0) is 12.4. The molecule has 1 N–H and O–H groups in total. The Bertz CT molecular complexity index is 584. The Hall–Kier alpha value is -1.81. The molecule has 0 amide bonds. The number of rotatable bonds is 2. The van der Waals surface area contributed by atoms with E-state index in [1.54, 1.807) is 25.2 Å². The highest BCUT2D eigenvalue weighted by Crippen LogP contribution is 2.28. The lowest BCUT2D eigenvalue weighted by Gasteiger charge is -2.10. The normalized spacial score (nSPS) is 10.3. The van der Waals surface area contributed by atoms with Crippen molar-refractivity contribution in [1.82, 2.24) is 4.98 Å². The zero-order valence-corrected chi connectivity index (χ0v) is 10.2. The fourth-order valence-electron chi connectivity index (χ4n) is 1.70. The van der Waals surface area contributed by atoms with Crippen molar-refractivity contribution in [1.29, 1.82) is 0 Å². The molecule has 0 atom stereocenters. The van der Waals surface area contributed by atoms with Gasteiger partial charge in [-0.25, -0.2) is 4.79 Å². The van der Waals surface area contributed by atoms with Crippen molar-refractivity contribution in [3.63, 3.8) is 0 Å². The molecule has 0 aliphatic rings. The fourth-order valence-corrected chi connectivity index (χ4v) is 1.87. The summed E-state index contributed by atoms with van der Waals surface area (Å²) >= 11 is 5.94. The molecule has 1 aromatic heterocycles. The first kappa shape index (κ1) is 11.7. The summed E-state index contributed by atoms with van der Waals surface area (Å²) in [5.41, 5.74) is 1.83. The molecule has 0 aliphatic heterocycles. The number of nitrogens with zero attached hydrogens (tertiary/aromatic N) is 1. The van der Waals surface area contributed by atoms with Crippen LogP contribution >= 0.6 is 11.6 Å². The third-order valence-corrected chi connectivity index (χ3v) is 2.72. The Morgan fingerprint density at radius 2 is 2.24 bits per heavy atom. The van der Waals surface area contributed by atoms with E-state index in [1.165, 1.54) is 13.3 Å². The molecule has 0 fully saturated rings. The number of pyridine rings is 1. The second-order valence-electron chi connectivity index (χ2n) is 3.45. The van der Waals surface area contributed by atoms with Crippen LogP contribution in [-0.4, -0.2) is 25.1 Å². The summed E-state index contributed by atoms with van der Waals surface area (Å²) < 4.78 is 4.71.